The minimum Gasteiger partial charge on any atom is -0.504 e. The molecule has 0 aliphatic rings. The summed E-state index contributed by atoms with van der Waals surface area (Å²) in [4.78, 5) is 11.6. The topological polar surface area (TPSA) is 67.8 Å². The van der Waals surface area contributed by atoms with Crippen LogP contribution in [0.25, 0.3) is 0 Å². The fraction of sp³-hybridized carbons (Fsp3) is 0.417. The van der Waals surface area contributed by atoms with Gasteiger partial charge in [-0.25, -0.2) is 0 Å². The molecule has 17 heavy (non-hydrogen) atoms. The number of phenolic OH excluding ortho intramolecular Hbond substituents is 1. The number of carbonyl (C=O) groups excluding carboxylic acids is 1. The van der Waals surface area contributed by atoms with Gasteiger partial charge in [-0.05, 0) is 19.1 Å². The lowest BCUT2D eigenvalue weighted by Crippen LogP contribution is -2.37. The quantitative estimate of drug-likeness (QED) is 0.724. The van der Waals surface area contributed by atoms with Gasteiger partial charge in [0.1, 0.15) is 0 Å². The standard InChI is InChI=1S/C12H17NO4/c1-9(12(15)13-7-8-16-2)17-11-6-4-3-5-10(11)14/h3-6,9,14H,7-8H2,1-2H3,(H,13,15). The molecule has 0 aliphatic heterocycles. The van der Waals surface area contributed by atoms with E-state index >= 15 is 0 Å². The van der Waals surface area contributed by atoms with Gasteiger partial charge < -0.3 is 19.9 Å². The van der Waals surface area contributed by atoms with E-state index in [1.807, 2.05) is 0 Å². The molecule has 1 aromatic carbocycles. The van der Waals surface area contributed by atoms with E-state index in [2.05, 4.69) is 5.32 Å². The van der Waals surface area contributed by atoms with Gasteiger partial charge in [0.2, 0.25) is 0 Å². The van der Waals surface area contributed by atoms with E-state index in [-0.39, 0.29) is 11.7 Å². The van der Waals surface area contributed by atoms with Crippen LogP contribution >= 0.6 is 0 Å². The Labute approximate surface area is 100 Å². The first-order valence-electron chi connectivity index (χ1n) is 5.36. The van der Waals surface area contributed by atoms with Crippen LogP contribution in [0.5, 0.6) is 11.5 Å². The van der Waals surface area contributed by atoms with Crippen molar-refractivity contribution >= 4 is 5.91 Å². The number of rotatable bonds is 6. The Morgan fingerprint density at radius 2 is 2.18 bits per heavy atom. The summed E-state index contributed by atoms with van der Waals surface area (Å²) in [6, 6.07) is 6.52. The highest BCUT2D eigenvalue weighted by atomic mass is 16.5. The van der Waals surface area contributed by atoms with E-state index in [0.717, 1.165) is 0 Å². The number of ether oxygens (including phenoxy) is 2. The number of amides is 1. The van der Waals surface area contributed by atoms with Crippen LogP contribution in [0.2, 0.25) is 0 Å². The number of phenols is 1. The number of hydrogen-bond donors (Lipinski definition) is 2. The monoisotopic (exact) mass is 239 g/mol. The molecule has 5 heteroatoms. The Hall–Kier alpha value is -1.75. The average Bonchev–Trinajstić information content (AvgIpc) is 2.32. The number of carbonyl (C=O) groups is 1. The first-order chi connectivity index (χ1) is 8.15. The van der Waals surface area contributed by atoms with Crippen LogP contribution in [0.15, 0.2) is 24.3 Å². The van der Waals surface area contributed by atoms with Crippen LogP contribution in [0.3, 0.4) is 0 Å². The Morgan fingerprint density at radius 1 is 1.47 bits per heavy atom. The molecule has 94 valence electrons. The molecule has 0 radical (unpaired) electrons. The lowest BCUT2D eigenvalue weighted by atomic mass is 10.3. The minimum atomic E-state index is -0.667. The third-order valence-corrected chi connectivity index (χ3v) is 2.14. The first-order valence-corrected chi connectivity index (χ1v) is 5.36. The van der Waals surface area contributed by atoms with Crippen molar-refractivity contribution in [3.05, 3.63) is 24.3 Å². The fourth-order valence-electron chi connectivity index (χ4n) is 1.22. The van der Waals surface area contributed by atoms with Gasteiger partial charge in [-0.3, -0.25) is 4.79 Å². The van der Waals surface area contributed by atoms with Crippen molar-refractivity contribution in [2.45, 2.75) is 13.0 Å². The molecule has 1 aromatic rings. The molecule has 2 N–H and O–H groups in total. The Kier molecular flexibility index (Phi) is 5.29. The molecule has 0 aliphatic carbocycles. The Balaban J connectivity index is 2.46. The lowest BCUT2D eigenvalue weighted by molar-refractivity contribution is -0.127. The zero-order valence-electron chi connectivity index (χ0n) is 9.97. The van der Waals surface area contributed by atoms with E-state index in [4.69, 9.17) is 9.47 Å². The van der Waals surface area contributed by atoms with Crippen molar-refractivity contribution in [3.63, 3.8) is 0 Å². The van der Waals surface area contributed by atoms with Gasteiger partial charge in [0.05, 0.1) is 6.61 Å². The summed E-state index contributed by atoms with van der Waals surface area (Å²) in [6.45, 7) is 2.51. The molecule has 5 nitrogen and oxygen atoms in total. The first kappa shape index (κ1) is 13.3. The normalized spacial score (nSPS) is 11.9. The van der Waals surface area contributed by atoms with Crippen molar-refractivity contribution in [3.8, 4) is 11.5 Å². The second-order valence-corrected chi connectivity index (χ2v) is 3.51. The second-order valence-electron chi connectivity index (χ2n) is 3.51. The van der Waals surface area contributed by atoms with Gasteiger partial charge >= 0.3 is 0 Å². The van der Waals surface area contributed by atoms with Gasteiger partial charge in [-0.15, -0.1) is 0 Å². The second kappa shape index (κ2) is 6.75. The van der Waals surface area contributed by atoms with Crippen molar-refractivity contribution in [1.82, 2.24) is 5.32 Å². The summed E-state index contributed by atoms with van der Waals surface area (Å²) in [7, 11) is 1.56. The Bertz CT molecular complexity index is 367. The van der Waals surface area contributed by atoms with Gasteiger partial charge in [0, 0.05) is 13.7 Å². The van der Waals surface area contributed by atoms with Gasteiger partial charge in [0.15, 0.2) is 17.6 Å². The van der Waals surface area contributed by atoms with Crippen molar-refractivity contribution < 1.29 is 19.4 Å². The van der Waals surface area contributed by atoms with Crippen LogP contribution in [-0.2, 0) is 9.53 Å². The van der Waals surface area contributed by atoms with Crippen LogP contribution in [-0.4, -0.2) is 37.4 Å². The molecular formula is C12H17NO4. The van der Waals surface area contributed by atoms with E-state index in [9.17, 15) is 9.90 Å². The fourth-order valence-corrected chi connectivity index (χ4v) is 1.22. The van der Waals surface area contributed by atoms with Crippen LogP contribution in [0.4, 0.5) is 0 Å². The van der Waals surface area contributed by atoms with Crippen molar-refractivity contribution in [2.24, 2.45) is 0 Å². The molecule has 1 atom stereocenters. The third-order valence-electron chi connectivity index (χ3n) is 2.14. The van der Waals surface area contributed by atoms with Gasteiger partial charge in [-0.1, -0.05) is 12.1 Å². The largest absolute Gasteiger partial charge is 0.504 e. The van der Waals surface area contributed by atoms with Crippen LogP contribution in [0, 0.1) is 0 Å². The summed E-state index contributed by atoms with van der Waals surface area (Å²) in [6.07, 6.45) is -0.667. The number of methoxy groups -OCH3 is 1. The molecule has 0 fully saturated rings. The number of para-hydroxylation sites is 2. The van der Waals surface area contributed by atoms with E-state index < -0.39 is 6.10 Å². The maximum atomic E-state index is 11.6. The molecule has 0 saturated heterocycles. The summed E-state index contributed by atoms with van der Waals surface area (Å²) in [5, 5.41) is 12.1. The van der Waals surface area contributed by atoms with E-state index in [1.54, 1.807) is 32.2 Å². The smallest absolute Gasteiger partial charge is 0.260 e. The summed E-state index contributed by atoms with van der Waals surface area (Å²) in [5.41, 5.74) is 0. The van der Waals surface area contributed by atoms with E-state index in [0.29, 0.717) is 18.9 Å². The van der Waals surface area contributed by atoms with E-state index in [1.165, 1.54) is 6.07 Å². The highest BCUT2D eigenvalue weighted by molar-refractivity contribution is 5.80. The number of hydrogen-bond acceptors (Lipinski definition) is 4. The maximum Gasteiger partial charge on any atom is 0.260 e. The molecule has 1 rings (SSSR count). The molecular weight excluding hydrogens is 222 g/mol. The van der Waals surface area contributed by atoms with Crippen LogP contribution in [0.1, 0.15) is 6.92 Å². The highest BCUT2D eigenvalue weighted by Crippen LogP contribution is 2.25. The van der Waals surface area contributed by atoms with Gasteiger partial charge in [-0.2, -0.15) is 0 Å². The molecule has 0 bridgehead atoms. The average molecular weight is 239 g/mol. The summed E-state index contributed by atoms with van der Waals surface area (Å²) in [5.74, 6) is 0.0660. The summed E-state index contributed by atoms with van der Waals surface area (Å²) >= 11 is 0. The lowest BCUT2D eigenvalue weighted by Gasteiger charge is -2.15. The van der Waals surface area contributed by atoms with Crippen LogP contribution < -0.4 is 10.1 Å². The Morgan fingerprint density at radius 3 is 2.82 bits per heavy atom. The molecule has 1 unspecified atom stereocenters. The zero-order chi connectivity index (χ0) is 12.7. The molecule has 0 spiro atoms. The third kappa shape index (κ3) is 4.32. The predicted molar refractivity (Wildman–Crippen MR) is 63.1 cm³/mol. The molecule has 0 saturated carbocycles. The predicted octanol–water partition coefficient (Wildman–Crippen LogP) is 0.922. The zero-order valence-corrected chi connectivity index (χ0v) is 9.97. The number of aromatic hydroxyl groups is 1. The van der Waals surface area contributed by atoms with Gasteiger partial charge in [0.25, 0.3) is 5.91 Å². The highest BCUT2D eigenvalue weighted by Gasteiger charge is 2.15. The number of nitrogens with one attached hydrogen (secondary N) is 1. The SMILES string of the molecule is COCCNC(=O)C(C)Oc1ccccc1O. The molecule has 0 aromatic heterocycles. The molecule has 0 heterocycles. The minimum absolute atomic E-state index is 0.0176. The summed E-state index contributed by atoms with van der Waals surface area (Å²) < 4.78 is 10.1. The molecule has 1 amide bonds. The van der Waals surface area contributed by atoms with Crippen molar-refractivity contribution in [1.29, 1.82) is 0 Å². The maximum absolute atomic E-state index is 11.6. The number of benzene rings is 1. The van der Waals surface area contributed by atoms with Crippen molar-refractivity contribution in [2.75, 3.05) is 20.3 Å².